The molecule has 1 fully saturated rings. The lowest BCUT2D eigenvalue weighted by Gasteiger charge is -2.25. The summed E-state index contributed by atoms with van der Waals surface area (Å²) in [6.45, 7) is 16.1. The second-order valence-electron chi connectivity index (χ2n) is 6.36. The minimum Gasteiger partial charge on any atom is -0.466 e. The molecule has 1 saturated heterocycles. The van der Waals surface area contributed by atoms with Gasteiger partial charge in [0, 0.05) is 26.2 Å². The van der Waals surface area contributed by atoms with E-state index in [0.29, 0.717) is 38.6 Å². The van der Waals surface area contributed by atoms with Crippen LogP contribution in [0.4, 0.5) is 0 Å². The number of hydrogen-bond acceptors (Lipinski definition) is 5. The van der Waals surface area contributed by atoms with Crippen molar-refractivity contribution in [3.05, 3.63) is 57.8 Å². The molecule has 0 radical (unpaired) electrons. The molecule has 6 heteroatoms. The normalized spacial score (nSPS) is 15.4. The van der Waals surface area contributed by atoms with Crippen molar-refractivity contribution in [2.45, 2.75) is 33.7 Å². The molecule has 0 aliphatic carbocycles. The summed E-state index contributed by atoms with van der Waals surface area (Å²) in [7, 11) is 0. The molecule has 26 heavy (non-hydrogen) atoms. The van der Waals surface area contributed by atoms with E-state index in [4.69, 9.17) is 11.3 Å². The van der Waals surface area contributed by atoms with E-state index in [0.717, 1.165) is 5.56 Å². The molecule has 0 unspecified atom stereocenters. The third-order valence-electron chi connectivity index (χ3n) is 4.21. The van der Waals surface area contributed by atoms with E-state index in [9.17, 15) is 10.1 Å². The number of carbonyl (C=O) groups is 1. The minimum absolute atomic E-state index is 0.0655. The van der Waals surface area contributed by atoms with Crippen LogP contribution in [-0.2, 0) is 16.1 Å². The standard InChI is InChI=1S/C20H24N4O2/c1-5-26-19(25)6-7-23-8-9-24(20(23)18(13-21)22-4)14-17-11-15(2)10-16(3)12-17/h10-12H,5-9,14H2,1-3H3/b20-18+. The fraction of sp³-hybridized carbons (Fsp3) is 0.450. The molecular weight excluding hydrogens is 328 g/mol. The van der Waals surface area contributed by atoms with Gasteiger partial charge in [-0.15, -0.1) is 0 Å². The van der Waals surface area contributed by atoms with Crippen LogP contribution in [0.15, 0.2) is 29.7 Å². The Bertz CT molecular complexity index is 750. The number of esters is 1. The molecule has 0 atom stereocenters. The van der Waals surface area contributed by atoms with Crippen molar-refractivity contribution < 1.29 is 9.53 Å². The number of ether oxygens (including phenoxy) is 1. The van der Waals surface area contributed by atoms with Crippen LogP contribution in [0.3, 0.4) is 0 Å². The maximum absolute atomic E-state index is 11.7. The monoisotopic (exact) mass is 352 g/mol. The summed E-state index contributed by atoms with van der Waals surface area (Å²) in [5, 5.41) is 9.37. The number of aryl methyl sites for hydroxylation is 2. The molecule has 0 bridgehead atoms. The topological polar surface area (TPSA) is 60.9 Å². The molecule has 1 aromatic carbocycles. The van der Waals surface area contributed by atoms with Gasteiger partial charge in [0.15, 0.2) is 0 Å². The van der Waals surface area contributed by atoms with E-state index in [1.807, 2.05) is 11.0 Å². The van der Waals surface area contributed by atoms with Gasteiger partial charge in [0.1, 0.15) is 5.82 Å². The first-order valence-corrected chi connectivity index (χ1v) is 8.73. The third-order valence-corrected chi connectivity index (χ3v) is 4.21. The van der Waals surface area contributed by atoms with Gasteiger partial charge in [0.25, 0.3) is 0 Å². The highest BCUT2D eigenvalue weighted by molar-refractivity contribution is 5.69. The Hall–Kier alpha value is -2.99. The summed E-state index contributed by atoms with van der Waals surface area (Å²) >= 11 is 0. The van der Waals surface area contributed by atoms with Gasteiger partial charge in [-0.25, -0.2) is 10.1 Å². The van der Waals surface area contributed by atoms with Gasteiger partial charge in [-0.1, -0.05) is 29.3 Å². The lowest BCUT2D eigenvalue weighted by molar-refractivity contribution is -0.143. The van der Waals surface area contributed by atoms with Gasteiger partial charge >= 0.3 is 11.7 Å². The van der Waals surface area contributed by atoms with Crippen molar-refractivity contribution in [2.75, 3.05) is 26.2 Å². The van der Waals surface area contributed by atoms with Crippen molar-refractivity contribution in [1.29, 1.82) is 5.26 Å². The molecule has 0 amide bonds. The highest BCUT2D eigenvalue weighted by atomic mass is 16.5. The number of hydrogen-bond donors (Lipinski definition) is 0. The second-order valence-corrected chi connectivity index (χ2v) is 6.36. The molecule has 1 aromatic rings. The van der Waals surface area contributed by atoms with Gasteiger partial charge in [-0.05, 0) is 26.3 Å². The van der Waals surface area contributed by atoms with Gasteiger partial charge < -0.3 is 14.5 Å². The first kappa shape index (κ1) is 19.3. The van der Waals surface area contributed by atoms with Gasteiger partial charge in [0.05, 0.1) is 25.7 Å². The number of nitrogens with zero attached hydrogens (tertiary/aromatic N) is 4. The fourth-order valence-electron chi connectivity index (χ4n) is 3.29. The Morgan fingerprint density at radius 1 is 1.27 bits per heavy atom. The molecule has 1 aliphatic rings. The summed E-state index contributed by atoms with van der Waals surface area (Å²) in [5.41, 5.74) is 3.59. The number of nitriles is 1. The maximum Gasteiger partial charge on any atom is 0.307 e. The Balaban J connectivity index is 2.21. The summed E-state index contributed by atoms with van der Waals surface area (Å²) < 4.78 is 4.98. The van der Waals surface area contributed by atoms with Crippen molar-refractivity contribution >= 4 is 5.97 Å². The zero-order chi connectivity index (χ0) is 19.1. The molecule has 0 saturated carbocycles. The summed E-state index contributed by atoms with van der Waals surface area (Å²) in [6, 6.07) is 8.36. The van der Waals surface area contributed by atoms with Crippen LogP contribution in [-0.4, -0.2) is 42.0 Å². The summed E-state index contributed by atoms with van der Waals surface area (Å²) in [4.78, 5) is 19.0. The lowest BCUT2D eigenvalue weighted by atomic mass is 10.1. The van der Waals surface area contributed by atoms with E-state index in [1.54, 1.807) is 6.92 Å². The van der Waals surface area contributed by atoms with Gasteiger partial charge in [-0.2, -0.15) is 0 Å². The van der Waals surface area contributed by atoms with Crippen LogP contribution in [0.5, 0.6) is 0 Å². The Labute approximate surface area is 155 Å². The lowest BCUT2D eigenvalue weighted by Crippen LogP contribution is -2.27. The highest BCUT2D eigenvalue weighted by Gasteiger charge is 2.28. The zero-order valence-electron chi connectivity index (χ0n) is 15.6. The van der Waals surface area contributed by atoms with Crippen LogP contribution < -0.4 is 0 Å². The van der Waals surface area contributed by atoms with E-state index in [2.05, 4.69) is 41.8 Å². The van der Waals surface area contributed by atoms with E-state index in [-0.39, 0.29) is 18.1 Å². The van der Waals surface area contributed by atoms with Crippen LogP contribution in [0.1, 0.15) is 30.0 Å². The van der Waals surface area contributed by atoms with Crippen LogP contribution in [0, 0.1) is 31.8 Å². The fourth-order valence-corrected chi connectivity index (χ4v) is 3.29. The number of allylic oxidation sites excluding steroid dienone is 1. The zero-order valence-corrected chi connectivity index (χ0v) is 15.6. The largest absolute Gasteiger partial charge is 0.466 e. The Kier molecular flexibility index (Phi) is 6.63. The first-order valence-electron chi connectivity index (χ1n) is 8.73. The predicted octanol–water partition coefficient (Wildman–Crippen LogP) is 2.99. The molecule has 0 aromatic heterocycles. The number of carbonyl (C=O) groups excluding carboxylic acids is 1. The molecule has 1 heterocycles. The first-order chi connectivity index (χ1) is 12.5. The van der Waals surface area contributed by atoms with Crippen molar-refractivity contribution in [2.24, 2.45) is 0 Å². The van der Waals surface area contributed by atoms with Crippen molar-refractivity contribution in [3.63, 3.8) is 0 Å². The Morgan fingerprint density at radius 2 is 1.92 bits per heavy atom. The average Bonchev–Trinajstić information content (AvgIpc) is 2.96. The Morgan fingerprint density at radius 3 is 2.50 bits per heavy atom. The third kappa shape index (κ3) is 4.77. The van der Waals surface area contributed by atoms with Crippen molar-refractivity contribution in [3.8, 4) is 6.07 Å². The molecule has 2 rings (SSSR count). The van der Waals surface area contributed by atoms with E-state index < -0.39 is 0 Å². The molecule has 0 spiro atoms. The molecule has 1 aliphatic heterocycles. The highest BCUT2D eigenvalue weighted by Crippen LogP contribution is 2.26. The molecule has 6 nitrogen and oxygen atoms in total. The van der Waals surface area contributed by atoms with Gasteiger partial charge in [0.2, 0.25) is 0 Å². The molecule has 136 valence electrons. The molecular formula is C20H24N4O2. The number of rotatable bonds is 6. The maximum atomic E-state index is 11.7. The predicted molar refractivity (Wildman–Crippen MR) is 98.4 cm³/mol. The second kappa shape index (κ2) is 8.92. The molecule has 0 N–H and O–H groups in total. The van der Waals surface area contributed by atoms with Crippen LogP contribution in [0.25, 0.3) is 4.85 Å². The number of benzene rings is 1. The quantitative estimate of drug-likeness (QED) is 0.447. The smallest absolute Gasteiger partial charge is 0.307 e. The average molecular weight is 352 g/mol. The van der Waals surface area contributed by atoms with E-state index >= 15 is 0 Å². The van der Waals surface area contributed by atoms with E-state index in [1.165, 1.54) is 11.1 Å². The summed E-state index contributed by atoms with van der Waals surface area (Å²) in [5.74, 6) is 0.354. The SMILES string of the molecule is [C-]#[N+]/C(C#N)=C1\N(CCC(=O)OCC)CCN1Cc1cc(C)cc(C)c1. The van der Waals surface area contributed by atoms with Crippen LogP contribution in [0.2, 0.25) is 0 Å². The summed E-state index contributed by atoms with van der Waals surface area (Å²) in [6.07, 6.45) is 0.242. The van der Waals surface area contributed by atoms with Crippen LogP contribution >= 0.6 is 0 Å². The van der Waals surface area contributed by atoms with Gasteiger partial charge in [-0.3, -0.25) is 4.79 Å². The van der Waals surface area contributed by atoms with Crippen molar-refractivity contribution in [1.82, 2.24) is 9.80 Å². The minimum atomic E-state index is -0.263.